The van der Waals surface area contributed by atoms with Gasteiger partial charge in [0, 0.05) is 23.9 Å². The molecule has 0 spiro atoms. The van der Waals surface area contributed by atoms with Gasteiger partial charge in [-0.1, -0.05) is 58.9 Å². The van der Waals surface area contributed by atoms with Gasteiger partial charge in [-0.15, -0.1) is 11.3 Å². The van der Waals surface area contributed by atoms with Crippen LogP contribution in [0.4, 0.5) is 9.80 Å². The van der Waals surface area contributed by atoms with E-state index >= 15 is 0 Å². The molecule has 2 rings (SSSR count). The van der Waals surface area contributed by atoms with Crippen LogP contribution in [0, 0.1) is 11.3 Å². The first kappa shape index (κ1) is 24.9. The second-order valence-electron chi connectivity index (χ2n) is 9.77. The molecular weight excluding hydrogens is 408 g/mol. The fourth-order valence-electron chi connectivity index (χ4n) is 3.70. The number of amides is 3. The summed E-state index contributed by atoms with van der Waals surface area (Å²) in [6.07, 6.45) is 2.96. The second kappa shape index (κ2) is 10.8. The molecule has 0 aliphatic heterocycles. The van der Waals surface area contributed by atoms with E-state index in [1.165, 1.54) is 16.9 Å². The smallest absolute Gasteiger partial charge is 0.317 e. The molecule has 170 valence electrons. The molecule has 31 heavy (non-hydrogen) atoms. The van der Waals surface area contributed by atoms with E-state index in [9.17, 15) is 9.59 Å². The molecule has 0 saturated carbocycles. The molecule has 1 unspecified atom stereocenters. The highest BCUT2D eigenvalue weighted by Crippen LogP contribution is 2.30. The Morgan fingerprint density at radius 3 is 2.19 bits per heavy atom. The molecule has 0 aliphatic carbocycles. The number of hydrogen-bond donors (Lipinski definition) is 4. The summed E-state index contributed by atoms with van der Waals surface area (Å²) in [5.41, 5.74) is 13.5. The van der Waals surface area contributed by atoms with Crippen molar-refractivity contribution >= 4 is 28.3 Å². The van der Waals surface area contributed by atoms with Crippen molar-refractivity contribution in [2.24, 2.45) is 22.8 Å². The van der Waals surface area contributed by atoms with Crippen molar-refractivity contribution in [2.75, 3.05) is 5.32 Å². The van der Waals surface area contributed by atoms with Crippen molar-refractivity contribution in [2.45, 2.75) is 66.5 Å². The standard InChI is InChI=1S/C24H36N4O2S/c1-15(2)10-18(13-24(3,4)5)27-14-17-8-6-16(7-9-17)11-19-12-20(21(25)29)22(31-19)28-23(26)30/h6-9,12,15,18,27H,10-11,13-14H2,1-5H3,(H2,25,29)(H3,26,28,30). The number of primary amides is 2. The number of carbonyl (C=O) groups is 2. The minimum absolute atomic E-state index is 0.287. The number of thiophene rings is 1. The summed E-state index contributed by atoms with van der Waals surface area (Å²) in [5.74, 6) is 0.0751. The first-order valence-electron chi connectivity index (χ1n) is 10.7. The third-order valence-electron chi connectivity index (χ3n) is 4.90. The lowest BCUT2D eigenvalue weighted by Gasteiger charge is -2.28. The van der Waals surface area contributed by atoms with Gasteiger partial charge in [0.15, 0.2) is 0 Å². The molecule has 6 nitrogen and oxygen atoms in total. The van der Waals surface area contributed by atoms with E-state index in [0.717, 1.165) is 29.8 Å². The van der Waals surface area contributed by atoms with Crippen LogP contribution in [-0.4, -0.2) is 18.0 Å². The van der Waals surface area contributed by atoms with Gasteiger partial charge in [0.1, 0.15) is 5.00 Å². The Morgan fingerprint density at radius 2 is 1.68 bits per heavy atom. The summed E-state index contributed by atoms with van der Waals surface area (Å²) < 4.78 is 0. The van der Waals surface area contributed by atoms with Gasteiger partial charge in [-0.3, -0.25) is 10.1 Å². The maximum Gasteiger partial charge on any atom is 0.317 e. The Balaban J connectivity index is 2.01. The molecule has 0 fully saturated rings. The summed E-state index contributed by atoms with van der Waals surface area (Å²) in [6.45, 7) is 12.2. The highest BCUT2D eigenvalue weighted by molar-refractivity contribution is 7.16. The van der Waals surface area contributed by atoms with Crippen LogP contribution >= 0.6 is 11.3 Å². The molecule has 1 atom stereocenters. The van der Waals surface area contributed by atoms with Crippen molar-refractivity contribution < 1.29 is 9.59 Å². The zero-order valence-electron chi connectivity index (χ0n) is 19.2. The first-order chi connectivity index (χ1) is 14.4. The predicted octanol–water partition coefficient (Wildman–Crippen LogP) is 4.87. The van der Waals surface area contributed by atoms with E-state index in [0.29, 0.717) is 28.8 Å². The Morgan fingerprint density at radius 1 is 1.06 bits per heavy atom. The molecular formula is C24H36N4O2S. The van der Waals surface area contributed by atoms with Gasteiger partial charge in [-0.05, 0) is 41.4 Å². The van der Waals surface area contributed by atoms with Crippen LogP contribution in [0.2, 0.25) is 0 Å². The number of benzene rings is 1. The first-order valence-corrected chi connectivity index (χ1v) is 11.5. The molecule has 6 N–H and O–H groups in total. The van der Waals surface area contributed by atoms with Gasteiger partial charge in [-0.2, -0.15) is 0 Å². The zero-order chi connectivity index (χ0) is 23.2. The number of carbonyl (C=O) groups excluding carboxylic acids is 2. The van der Waals surface area contributed by atoms with Crippen molar-refractivity contribution in [3.8, 4) is 0 Å². The van der Waals surface area contributed by atoms with E-state index in [1.807, 2.05) is 0 Å². The van der Waals surface area contributed by atoms with E-state index in [4.69, 9.17) is 11.5 Å². The minimum atomic E-state index is -0.713. The lowest BCUT2D eigenvalue weighted by Crippen LogP contribution is -2.33. The van der Waals surface area contributed by atoms with Crippen LogP contribution in [0.15, 0.2) is 30.3 Å². The average molecular weight is 445 g/mol. The molecule has 0 aliphatic rings. The third-order valence-corrected chi connectivity index (χ3v) is 5.95. The van der Waals surface area contributed by atoms with Crippen molar-refractivity contribution in [3.05, 3.63) is 51.9 Å². The molecule has 1 aromatic carbocycles. The van der Waals surface area contributed by atoms with Crippen LogP contribution in [0.25, 0.3) is 0 Å². The third kappa shape index (κ3) is 8.71. The number of urea groups is 1. The van der Waals surface area contributed by atoms with E-state index in [2.05, 4.69) is 69.5 Å². The van der Waals surface area contributed by atoms with E-state index in [1.54, 1.807) is 6.07 Å². The van der Waals surface area contributed by atoms with Gasteiger partial charge < -0.3 is 16.8 Å². The summed E-state index contributed by atoms with van der Waals surface area (Å²) in [4.78, 5) is 23.7. The zero-order valence-corrected chi connectivity index (χ0v) is 20.1. The number of nitrogens with one attached hydrogen (secondary N) is 2. The Labute approximate surface area is 189 Å². The van der Waals surface area contributed by atoms with Crippen molar-refractivity contribution in [3.63, 3.8) is 0 Å². The highest BCUT2D eigenvalue weighted by atomic mass is 32.1. The summed E-state index contributed by atoms with van der Waals surface area (Å²) in [6, 6.07) is 9.97. The minimum Gasteiger partial charge on any atom is -0.366 e. The van der Waals surface area contributed by atoms with Gasteiger partial charge in [0.2, 0.25) is 0 Å². The number of hydrogen-bond acceptors (Lipinski definition) is 4. The maximum absolute atomic E-state index is 11.6. The van der Waals surface area contributed by atoms with Crippen LogP contribution < -0.4 is 22.1 Å². The highest BCUT2D eigenvalue weighted by Gasteiger charge is 2.19. The Bertz CT molecular complexity index is 882. The monoisotopic (exact) mass is 444 g/mol. The number of nitrogens with two attached hydrogens (primary N) is 2. The van der Waals surface area contributed by atoms with Gasteiger partial charge in [0.05, 0.1) is 5.56 Å². The molecule has 7 heteroatoms. The fraction of sp³-hybridized carbons (Fsp3) is 0.500. The average Bonchev–Trinajstić information content (AvgIpc) is 3.01. The number of rotatable bonds is 10. The lowest BCUT2D eigenvalue weighted by atomic mass is 9.85. The maximum atomic E-state index is 11.6. The van der Waals surface area contributed by atoms with Gasteiger partial charge >= 0.3 is 6.03 Å². The largest absolute Gasteiger partial charge is 0.366 e. The predicted molar refractivity (Wildman–Crippen MR) is 129 cm³/mol. The van der Waals surface area contributed by atoms with Crippen LogP contribution in [-0.2, 0) is 13.0 Å². The molecule has 0 radical (unpaired) electrons. The lowest BCUT2D eigenvalue weighted by molar-refractivity contribution is 0.100. The van der Waals surface area contributed by atoms with Crippen molar-refractivity contribution in [1.29, 1.82) is 0 Å². The molecule has 0 bridgehead atoms. The second-order valence-corrected chi connectivity index (χ2v) is 10.9. The Kier molecular flexibility index (Phi) is 8.65. The van der Waals surface area contributed by atoms with E-state index in [-0.39, 0.29) is 5.56 Å². The van der Waals surface area contributed by atoms with Crippen LogP contribution in [0.1, 0.15) is 73.8 Å². The van der Waals surface area contributed by atoms with Gasteiger partial charge in [0.25, 0.3) is 5.91 Å². The number of anilines is 1. The topological polar surface area (TPSA) is 110 Å². The Hall–Kier alpha value is -2.38. The van der Waals surface area contributed by atoms with Crippen LogP contribution in [0.3, 0.4) is 0 Å². The van der Waals surface area contributed by atoms with Crippen LogP contribution in [0.5, 0.6) is 0 Å². The van der Waals surface area contributed by atoms with Crippen molar-refractivity contribution in [1.82, 2.24) is 5.32 Å². The fourth-order valence-corrected chi connectivity index (χ4v) is 4.80. The molecule has 0 saturated heterocycles. The molecule has 1 heterocycles. The molecule has 1 aromatic heterocycles. The normalized spacial score (nSPS) is 12.7. The summed E-state index contributed by atoms with van der Waals surface area (Å²) in [5, 5.41) is 6.60. The SMILES string of the molecule is CC(C)CC(CC(C)(C)C)NCc1ccc(Cc2cc(C(N)=O)c(NC(N)=O)s2)cc1. The quantitative estimate of drug-likeness (QED) is 0.419. The molecule has 2 aromatic rings. The van der Waals surface area contributed by atoms with E-state index < -0.39 is 11.9 Å². The summed E-state index contributed by atoms with van der Waals surface area (Å²) in [7, 11) is 0. The van der Waals surface area contributed by atoms with Gasteiger partial charge in [-0.25, -0.2) is 4.79 Å². The summed E-state index contributed by atoms with van der Waals surface area (Å²) >= 11 is 1.32. The molecule has 3 amide bonds.